The minimum Gasteiger partial charge on any atom is -0.362 e. The molecule has 13 heavy (non-hydrogen) atoms. The topological polar surface area (TPSA) is 12.5 Å². The molecule has 2 heteroatoms. The van der Waals surface area contributed by atoms with Crippen LogP contribution in [0, 0.1) is 0 Å². The van der Waals surface area contributed by atoms with Crippen LogP contribution in [0.3, 0.4) is 0 Å². The zero-order valence-corrected chi connectivity index (χ0v) is 9.28. The number of rotatable bonds is 4. The highest BCUT2D eigenvalue weighted by Gasteiger charge is 2.48. The molecule has 1 fully saturated rings. The summed E-state index contributed by atoms with van der Waals surface area (Å²) in [5, 5.41) is 0. The first-order valence-electron chi connectivity index (χ1n) is 4.25. The molecule has 1 saturated heterocycles. The van der Waals surface area contributed by atoms with Crippen LogP contribution in [0.4, 0.5) is 0 Å². The normalized spacial score (nSPS) is 24.7. The molecule has 72 valence electrons. The summed E-state index contributed by atoms with van der Waals surface area (Å²) in [6.07, 6.45) is 6.16. The Labute approximate surface area is 84.6 Å². The first-order valence-corrected chi connectivity index (χ1v) is 5.47. The van der Waals surface area contributed by atoms with Gasteiger partial charge in [0, 0.05) is 0 Å². The lowest BCUT2D eigenvalue weighted by Gasteiger charge is -1.96. The second-order valence-electron chi connectivity index (χ2n) is 3.68. The SMILES string of the molecule is C=C(/C=C\C(=C)C1OC1(C)C)SC. The molecule has 0 bridgehead atoms. The van der Waals surface area contributed by atoms with Gasteiger partial charge in [-0.05, 0) is 36.7 Å². The van der Waals surface area contributed by atoms with Gasteiger partial charge in [0.15, 0.2) is 0 Å². The smallest absolute Gasteiger partial charge is 0.111 e. The molecule has 0 saturated carbocycles. The lowest BCUT2D eigenvalue weighted by Crippen LogP contribution is -2.03. The molecule has 1 aliphatic heterocycles. The number of hydrogen-bond donors (Lipinski definition) is 0. The number of hydrogen-bond acceptors (Lipinski definition) is 2. The molecule has 1 nitrogen and oxygen atoms in total. The van der Waals surface area contributed by atoms with E-state index < -0.39 is 0 Å². The van der Waals surface area contributed by atoms with Gasteiger partial charge in [0.25, 0.3) is 0 Å². The van der Waals surface area contributed by atoms with Crippen molar-refractivity contribution in [2.45, 2.75) is 25.6 Å². The van der Waals surface area contributed by atoms with Crippen LogP contribution in [0.25, 0.3) is 0 Å². The Kier molecular flexibility index (Phi) is 3.04. The minimum absolute atomic E-state index is 0.0118. The fourth-order valence-electron chi connectivity index (χ4n) is 1.15. The van der Waals surface area contributed by atoms with Gasteiger partial charge in [-0.1, -0.05) is 19.2 Å². The average Bonchev–Trinajstić information content (AvgIpc) is 2.70. The summed E-state index contributed by atoms with van der Waals surface area (Å²) in [5.41, 5.74) is 1.02. The van der Waals surface area contributed by atoms with Gasteiger partial charge in [-0.3, -0.25) is 0 Å². The van der Waals surface area contributed by atoms with E-state index >= 15 is 0 Å². The first kappa shape index (κ1) is 10.6. The summed E-state index contributed by atoms with van der Waals surface area (Å²) in [6, 6.07) is 0. The van der Waals surface area contributed by atoms with Crippen LogP contribution < -0.4 is 0 Å². The van der Waals surface area contributed by atoms with Crippen LogP contribution in [0.2, 0.25) is 0 Å². The Morgan fingerprint density at radius 2 is 1.92 bits per heavy atom. The van der Waals surface area contributed by atoms with Gasteiger partial charge < -0.3 is 4.74 Å². The highest BCUT2D eigenvalue weighted by molar-refractivity contribution is 8.02. The van der Waals surface area contributed by atoms with Crippen molar-refractivity contribution in [1.29, 1.82) is 0 Å². The summed E-state index contributed by atoms with van der Waals surface area (Å²) in [7, 11) is 0. The van der Waals surface area contributed by atoms with Crippen molar-refractivity contribution in [2.75, 3.05) is 6.26 Å². The molecule has 0 aromatic heterocycles. The van der Waals surface area contributed by atoms with Crippen molar-refractivity contribution in [2.24, 2.45) is 0 Å². The van der Waals surface area contributed by atoms with Crippen molar-refractivity contribution in [3.05, 3.63) is 35.8 Å². The van der Waals surface area contributed by atoms with E-state index in [1.54, 1.807) is 11.8 Å². The predicted molar refractivity (Wildman–Crippen MR) is 59.9 cm³/mol. The maximum atomic E-state index is 5.44. The van der Waals surface area contributed by atoms with Crippen LogP contribution in [-0.2, 0) is 4.74 Å². The molecule has 0 aromatic carbocycles. The van der Waals surface area contributed by atoms with Crippen molar-refractivity contribution in [1.82, 2.24) is 0 Å². The van der Waals surface area contributed by atoms with Gasteiger partial charge >= 0.3 is 0 Å². The Bertz CT molecular complexity index is 263. The second kappa shape index (κ2) is 3.72. The van der Waals surface area contributed by atoms with Gasteiger partial charge in [0.1, 0.15) is 6.10 Å². The van der Waals surface area contributed by atoms with E-state index in [-0.39, 0.29) is 11.7 Å². The molecule has 1 heterocycles. The molecule has 0 radical (unpaired) electrons. The van der Waals surface area contributed by atoms with E-state index in [0.717, 1.165) is 10.5 Å². The predicted octanol–water partition coefficient (Wildman–Crippen LogP) is 3.15. The Morgan fingerprint density at radius 3 is 2.31 bits per heavy atom. The number of epoxide rings is 1. The lowest BCUT2D eigenvalue weighted by molar-refractivity contribution is 0.332. The lowest BCUT2D eigenvalue weighted by atomic mass is 10.0. The average molecular weight is 196 g/mol. The molecular weight excluding hydrogens is 180 g/mol. The molecule has 0 spiro atoms. The van der Waals surface area contributed by atoms with Crippen LogP contribution in [0.15, 0.2) is 35.8 Å². The van der Waals surface area contributed by atoms with Crippen molar-refractivity contribution in [3.8, 4) is 0 Å². The van der Waals surface area contributed by atoms with Crippen LogP contribution in [0.1, 0.15) is 13.8 Å². The van der Waals surface area contributed by atoms with E-state index in [1.165, 1.54) is 0 Å². The Morgan fingerprint density at radius 1 is 1.38 bits per heavy atom. The fourth-order valence-corrected chi connectivity index (χ4v) is 1.35. The summed E-state index contributed by atoms with van der Waals surface area (Å²) >= 11 is 1.64. The molecular formula is C11H16OS. The molecule has 0 N–H and O–H groups in total. The number of allylic oxidation sites excluding steroid dienone is 1. The van der Waals surface area contributed by atoms with E-state index in [2.05, 4.69) is 27.0 Å². The van der Waals surface area contributed by atoms with Gasteiger partial charge in [0.2, 0.25) is 0 Å². The number of thioether (sulfide) groups is 1. The highest BCUT2D eigenvalue weighted by Crippen LogP contribution is 2.40. The highest BCUT2D eigenvalue weighted by atomic mass is 32.2. The van der Waals surface area contributed by atoms with Crippen molar-refractivity contribution in [3.63, 3.8) is 0 Å². The standard InChI is InChI=1S/C11H16OS/c1-8(6-7-9(2)13-5)10-11(3,4)12-10/h6-7,10H,1-2H2,3-5H3/b7-6-. The molecule has 1 rings (SSSR count). The van der Waals surface area contributed by atoms with Crippen LogP contribution in [0.5, 0.6) is 0 Å². The minimum atomic E-state index is -0.0118. The van der Waals surface area contributed by atoms with Crippen LogP contribution >= 0.6 is 11.8 Å². The molecule has 1 aliphatic rings. The van der Waals surface area contributed by atoms with Gasteiger partial charge in [-0.15, -0.1) is 11.8 Å². The third kappa shape index (κ3) is 2.75. The third-order valence-electron chi connectivity index (χ3n) is 2.08. The zero-order valence-electron chi connectivity index (χ0n) is 8.46. The molecule has 0 amide bonds. The largest absolute Gasteiger partial charge is 0.362 e. The van der Waals surface area contributed by atoms with Crippen LogP contribution in [-0.4, -0.2) is 18.0 Å². The third-order valence-corrected chi connectivity index (χ3v) is 2.74. The van der Waals surface area contributed by atoms with Crippen molar-refractivity contribution < 1.29 is 4.74 Å². The monoisotopic (exact) mass is 196 g/mol. The summed E-state index contributed by atoms with van der Waals surface area (Å²) in [6.45, 7) is 12.0. The molecule has 0 aliphatic carbocycles. The van der Waals surface area contributed by atoms with Gasteiger partial charge in [-0.2, -0.15) is 0 Å². The summed E-state index contributed by atoms with van der Waals surface area (Å²) in [5.74, 6) is 0. The molecule has 1 unspecified atom stereocenters. The Balaban J connectivity index is 2.44. The van der Waals surface area contributed by atoms with Gasteiger partial charge in [0.05, 0.1) is 5.60 Å². The quantitative estimate of drug-likeness (QED) is 0.506. The molecule has 1 atom stereocenters. The van der Waals surface area contributed by atoms with Crippen molar-refractivity contribution >= 4 is 11.8 Å². The van der Waals surface area contributed by atoms with E-state index in [9.17, 15) is 0 Å². The zero-order chi connectivity index (χ0) is 10.1. The first-order chi connectivity index (χ1) is 5.97. The van der Waals surface area contributed by atoms with E-state index in [4.69, 9.17) is 4.74 Å². The van der Waals surface area contributed by atoms with E-state index in [1.807, 2.05) is 18.4 Å². The molecule has 0 aromatic rings. The summed E-state index contributed by atoms with van der Waals surface area (Å²) in [4.78, 5) is 1.04. The Hall–Kier alpha value is -0.470. The van der Waals surface area contributed by atoms with Gasteiger partial charge in [-0.25, -0.2) is 0 Å². The maximum Gasteiger partial charge on any atom is 0.111 e. The second-order valence-corrected chi connectivity index (χ2v) is 4.61. The fraction of sp³-hybridized carbons (Fsp3) is 0.455. The van der Waals surface area contributed by atoms with E-state index in [0.29, 0.717) is 0 Å². The maximum absolute atomic E-state index is 5.44. The summed E-state index contributed by atoms with van der Waals surface area (Å²) < 4.78 is 5.44. The number of ether oxygens (including phenoxy) is 1.